The second-order valence-corrected chi connectivity index (χ2v) is 15.4. The van der Waals surface area contributed by atoms with Crippen LogP contribution in [0.4, 0.5) is 17.1 Å². The van der Waals surface area contributed by atoms with Gasteiger partial charge in [0.1, 0.15) is 11.2 Å². The normalized spacial score (nSPS) is 13.4. The minimum Gasteiger partial charge on any atom is -0.455 e. The summed E-state index contributed by atoms with van der Waals surface area (Å²) in [4.78, 5) is 1.40. The Morgan fingerprint density at radius 2 is 0.903 bits per heavy atom. The fourth-order valence-corrected chi connectivity index (χ4v) is 8.81. The van der Waals surface area contributed by atoms with Crippen molar-refractivity contribution in [1.29, 1.82) is 0 Å². The monoisotopic (exact) mass is 797 g/mol. The number of fused-ring (bicyclic) bond motifs is 7. The van der Waals surface area contributed by atoms with E-state index in [4.69, 9.17) is 4.42 Å². The topological polar surface area (TPSA) is 16.4 Å². The van der Waals surface area contributed by atoms with Gasteiger partial charge in [0, 0.05) is 33.1 Å². The summed E-state index contributed by atoms with van der Waals surface area (Å²) in [5.41, 5.74) is 5.44. The third-order valence-electron chi connectivity index (χ3n) is 11.8. The molecule has 12 rings (SSSR count). The van der Waals surface area contributed by atoms with Gasteiger partial charge in [0.15, 0.2) is 0 Å². The van der Waals surface area contributed by atoms with Crippen molar-refractivity contribution in [2.24, 2.45) is 0 Å². The fraction of sp³-hybridized carbons (Fsp3) is 0. The molecule has 0 unspecified atom stereocenters. The van der Waals surface area contributed by atoms with Gasteiger partial charge in [-0.05, 0) is 120 Å². The molecule has 0 radical (unpaired) electrons. The molecule has 11 aromatic carbocycles. The predicted octanol–water partition coefficient (Wildman–Crippen LogP) is 17.2. The molecular weight excluding hydrogens is 751 g/mol. The Hall–Kier alpha value is -8.20. The first-order chi connectivity index (χ1) is 34.1. The van der Waals surface area contributed by atoms with Crippen molar-refractivity contribution < 1.29 is 15.4 Å². The van der Waals surface area contributed by atoms with Crippen LogP contribution in [0.1, 0.15) is 11.0 Å². The lowest BCUT2D eigenvalue weighted by Gasteiger charge is -2.28. The van der Waals surface area contributed by atoms with Crippen molar-refractivity contribution in [2.45, 2.75) is 0 Å². The first kappa shape index (κ1) is 28.3. The molecule has 0 atom stereocenters. The molecule has 62 heavy (non-hydrogen) atoms. The van der Waals surface area contributed by atoms with Gasteiger partial charge in [0.05, 0.1) is 16.7 Å². The second kappa shape index (κ2) is 14.8. The lowest BCUT2D eigenvalue weighted by molar-refractivity contribution is 0.673. The van der Waals surface area contributed by atoms with Crippen LogP contribution in [0.5, 0.6) is 0 Å². The van der Waals surface area contributed by atoms with Crippen LogP contribution in [-0.4, -0.2) is 0 Å². The molecule has 0 aliphatic heterocycles. The molecule has 2 heteroatoms. The van der Waals surface area contributed by atoms with E-state index >= 15 is 0 Å². The van der Waals surface area contributed by atoms with E-state index in [1.54, 1.807) is 24.3 Å². The lowest BCUT2D eigenvalue weighted by atomic mass is 9.93. The smallest absolute Gasteiger partial charge is 0.143 e. The number of benzene rings is 11. The molecule has 0 N–H and O–H groups in total. The first-order valence-electron chi connectivity index (χ1n) is 24.6. The first-order valence-corrected chi connectivity index (χ1v) is 20.6. The van der Waals surface area contributed by atoms with Crippen LogP contribution in [0.2, 0.25) is 0 Å². The molecule has 0 aliphatic rings. The highest BCUT2D eigenvalue weighted by Gasteiger charge is 2.22. The van der Waals surface area contributed by atoms with Crippen LogP contribution in [0.3, 0.4) is 0 Å². The van der Waals surface area contributed by atoms with E-state index < -0.39 is 24.2 Å². The highest BCUT2D eigenvalue weighted by Crippen LogP contribution is 2.47. The molecule has 290 valence electrons. The summed E-state index contributed by atoms with van der Waals surface area (Å²) >= 11 is 0. The molecule has 0 bridgehead atoms. The lowest BCUT2D eigenvalue weighted by Crippen LogP contribution is -2.11. The molecule has 0 saturated carbocycles. The number of nitrogens with zero attached hydrogens (tertiary/aromatic N) is 1. The Bertz CT molecular complexity index is 4080. The maximum Gasteiger partial charge on any atom is 0.143 e. The SMILES string of the molecule is [2H]c1c([2H])c(N(c2ccccc2-c2cc3ccccc3c3oc4ccccc4c23)c2c([2H])c([2H])c(-c3ccc4ccccc4c3)c([2H])c2[2H])c([2H])c([2H])c1-c1cccc(-c2cccc3ccccc23)c1. The molecule has 0 aliphatic carbocycles. The van der Waals surface area contributed by atoms with Crippen LogP contribution in [0.25, 0.3) is 98.8 Å². The average Bonchev–Trinajstić information content (AvgIpc) is 3.79. The summed E-state index contributed by atoms with van der Waals surface area (Å²) in [5, 5.41) is 7.35. The standard InChI is InChI=1S/C60H39NO/c1-2-15-44-37-46(28-27-40(44)13-1)42-31-35-50(36-32-42)61(49-33-29-41(30-34-49)45-18-11-19-47(38-45)52-24-12-17-43-14-3-5-20-51(43)52)57-25-9-7-22-54(57)56-39-48-16-4-6-21-53(48)60-59(56)55-23-8-10-26-58(55)62-60/h1-39H/i29D,30D,31D,32D,33D,34D,35D,36D. The summed E-state index contributed by atoms with van der Waals surface area (Å²) in [6, 6.07) is 56.9. The van der Waals surface area contributed by atoms with E-state index in [2.05, 4.69) is 6.07 Å². The third-order valence-corrected chi connectivity index (χ3v) is 11.8. The van der Waals surface area contributed by atoms with E-state index in [0.29, 0.717) is 33.5 Å². The molecule has 0 saturated heterocycles. The van der Waals surface area contributed by atoms with E-state index in [9.17, 15) is 11.0 Å². The number of furan rings is 1. The number of anilines is 3. The maximum atomic E-state index is 9.91. The number of hydrogen-bond acceptors (Lipinski definition) is 2. The van der Waals surface area contributed by atoms with E-state index in [1.807, 2.05) is 158 Å². The van der Waals surface area contributed by atoms with Gasteiger partial charge >= 0.3 is 0 Å². The summed E-state index contributed by atoms with van der Waals surface area (Å²) in [6.45, 7) is 0. The van der Waals surface area contributed by atoms with Crippen LogP contribution >= 0.6 is 0 Å². The van der Waals surface area contributed by atoms with Crippen molar-refractivity contribution in [3.63, 3.8) is 0 Å². The zero-order valence-electron chi connectivity index (χ0n) is 41.3. The Balaban J connectivity index is 1.13. The van der Waals surface area contributed by atoms with Crippen molar-refractivity contribution in [2.75, 3.05) is 4.90 Å². The molecule has 1 aromatic heterocycles. The highest BCUT2D eigenvalue weighted by molar-refractivity contribution is 6.22. The number of hydrogen-bond donors (Lipinski definition) is 0. The Morgan fingerprint density at radius 3 is 1.69 bits per heavy atom. The Labute approximate surface area is 371 Å². The molecule has 1 heterocycles. The summed E-state index contributed by atoms with van der Waals surface area (Å²) < 4.78 is 84.8. The van der Waals surface area contributed by atoms with Gasteiger partial charge in [-0.2, -0.15) is 0 Å². The van der Waals surface area contributed by atoms with Crippen molar-refractivity contribution in [1.82, 2.24) is 0 Å². The second-order valence-electron chi connectivity index (χ2n) is 15.4. The minimum atomic E-state index is -0.422. The molecular formula is C60H39NO. The maximum absolute atomic E-state index is 9.91. The highest BCUT2D eigenvalue weighted by atomic mass is 16.3. The van der Waals surface area contributed by atoms with E-state index in [1.165, 1.54) is 4.90 Å². The number of para-hydroxylation sites is 2. The molecule has 0 fully saturated rings. The summed E-state index contributed by atoms with van der Waals surface area (Å²) in [6.07, 6.45) is 0. The summed E-state index contributed by atoms with van der Waals surface area (Å²) in [5.74, 6) is 0. The Kier molecular flexibility index (Phi) is 6.76. The van der Waals surface area contributed by atoms with Gasteiger partial charge in [-0.15, -0.1) is 0 Å². The van der Waals surface area contributed by atoms with E-state index in [0.717, 1.165) is 59.8 Å². The van der Waals surface area contributed by atoms with Crippen molar-refractivity contribution in [3.05, 3.63) is 236 Å². The van der Waals surface area contributed by atoms with E-state index in [-0.39, 0.29) is 46.7 Å². The minimum absolute atomic E-state index is 0.0846. The van der Waals surface area contributed by atoms with Gasteiger partial charge in [0.25, 0.3) is 0 Å². The van der Waals surface area contributed by atoms with Gasteiger partial charge in [0.2, 0.25) is 0 Å². The zero-order chi connectivity index (χ0) is 47.9. The molecule has 0 spiro atoms. The molecule has 2 nitrogen and oxygen atoms in total. The number of rotatable bonds is 7. The van der Waals surface area contributed by atoms with Crippen LogP contribution in [0.15, 0.2) is 241 Å². The third kappa shape index (κ3) is 6.12. The largest absolute Gasteiger partial charge is 0.455 e. The van der Waals surface area contributed by atoms with Gasteiger partial charge < -0.3 is 9.32 Å². The molecule has 12 aromatic rings. The van der Waals surface area contributed by atoms with Crippen LogP contribution in [-0.2, 0) is 0 Å². The zero-order valence-corrected chi connectivity index (χ0v) is 33.3. The van der Waals surface area contributed by atoms with Crippen molar-refractivity contribution >= 4 is 71.3 Å². The van der Waals surface area contributed by atoms with Crippen molar-refractivity contribution in [3.8, 4) is 44.5 Å². The molecule has 0 amide bonds. The predicted molar refractivity (Wildman–Crippen MR) is 263 cm³/mol. The Morgan fingerprint density at radius 1 is 0.339 bits per heavy atom. The quantitative estimate of drug-likeness (QED) is 0.160. The summed E-state index contributed by atoms with van der Waals surface area (Å²) in [7, 11) is 0. The van der Waals surface area contributed by atoms with Crippen LogP contribution in [0, 0.1) is 0 Å². The van der Waals surface area contributed by atoms with Crippen LogP contribution < -0.4 is 4.90 Å². The average molecular weight is 798 g/mol. The van der Waals surface area contributed by atoms with Gasteiger partial charge in [-0.3, -0.25) is 0 Å². The van der Waals surface area contributed by atoms with Gasteiger partial charge in [-0.25, -0.2) is 0 Å². The fourth-order valence-electron chi connectivity index (χ4n) is 8.81. The van der Waals surface area contributed by atoms with Gasteiger partial charge in [-0.1, -0.05) is 182 Å².